The molecular weight excluding hydrogens is 295 g/mol. The number of ether oxygens (including phenoxy) is 2. The van der Waals surface area contributed by atoms with Gasteiger partial charge < -0.3 is 9.47 Å². The van der Waals surface area contributed by atoms with E-state index >= 15 is 0 Å². The van der Waals surface area contributed by atoms with Crippen LogP contribution in [-0.4, -0.2) is 6.29 Å². The third kappa shape index (κ3) is 3.81. The topological polar surface area (TPSA) is 18.5 Å². The number of hydrogen-bond donors (Lipinski definition) is 0. The molecule has 106 valence electrons. The summed E-state index contributed by atoms with van der Waals surface area (Å²) in [7, 11) is 0. The van der Waals surface area contributed by atoms with Gasteiger partial charge in [-0.25, -0.2) is 0 Å². The van der Waals surface area contributed by atoms with Crippen molar-refractivity contribution in [2.45, 2.75) is 25.0 Å². The summed E-state index contributed by atoms with van der Waals surface area (Å²) in [5.41, 5.74) is 1.88. The molecule has 2 aromatic rings. The second-order valence-electron chi connectivity index (χ2n) is 4.29. The zero-order valence-electron chi connectivity index (χ0n) is 11.2. The van der Waals surface area contributed by atoms with Gasteiger partial charge in [-0.2, -0.15) is 0 Å². The summed E-state index contributed by atoms with van der Waals surface area (Å²) in [6, 6.07) is 15.3. The van der Waals surface area contributed by atoms with Crippen LogP contribution in [0.1, 0.15) is 18.1 Å². The van der Waals surface area contributed by atoms with Crippen molar-refractivity contribution in [3.63, 3.8) is 0 Å². The van der Waals surface area contributed by atoms with Crippen molar-refractivity contribution in [2.75, 3.05) is 0 Å². The van der Waals surface area contributed by atoms with Crippen LogP contribution < -0.4 is 9.47 Å². The first kappa shape index (κ1) is 15.0. The van der Waals surface area contributed by atoms with E-state index in [-0.39, 0.29) is 0 Å². The molecule has 0 bridgehead atoms. The first-order valence-corrected chi connectivity index (χ1v) is 7.42. The summed E-state index contributed by atoms with van der Waals surface area (Å²) in [5, 5.41) is 0. The van der Waals surface area contributed by atoms with Gasteiger partial charge >= 0.3 is 0 Å². The molecule has 20 heavy (non-hydrogen) atoms. The number of para-hydroxylation sites is 2. The molecule has 2 nitrogen and oxygen atoms in total. The van der Waals surface area contributed by atoms with E-state index < -0.39 is 6.29 Å². The molecule has 0 fully saturated rings. The van der Waals surface area contributed by atoms with E-state index in [4.69, 9.17) is 32.7 Å². The fourth-order valence-electron chi connectivity index (χ4n) is 1.84. The Morgan fingerprint density at radius 1 is 0.800 bits per heavy atom. The van der Waals surface area contributed by atoms with Crippen molar-refractivity contribution in [1.82, 2.24) is 0 Å². The van der Waals surface area contributed by atoms with E-state index in [1.54, 1.807) is 0 Å². The van der Waals surface area contributed by atoms with Crippen molar-refractivity contribution in [3.05, 3.63) is 59.7 Å². The van der Waals surface area contributed by atoms with Crippen LogP contribution in [0.4, 0.5) is 0 Å². The van der Waals surface area contributed by atoms with Gasteiger partial charge in [0.1, 0.15) is 11.5 Å². The highest BCUT2D eigenvalue weighted by Crippen LogP contribution is 2.24. The lowest BCUT2D eigenvalue weighted by atomic mass is 10.2. The molecule has 0 saturated heterocycles. The molecule has 0 N–H and O–H groups in total. The maximum absolute atomic E-state index is 5.89. The smallest absolute Gasteiger partial charge is 0.238 e. The van der Waals surface area contributed by atoms with Gasteiger partial charge in [0.25, 0.3) is 0 Å². The molecule has 0 spiro atoms. The van der Waals surface area contributed by atoms with E-state index in [2.05, 4.69) is 0 Å². The zero-order valence-corrected chi connectivity index (χ0v) is 12.7. The van der Waals surface area contributed by atoms with E-state index in [1.807, 2.05) is 55.5 Å². The van der Waals surface area contributed by atoms with Gasteiger partial charge in [0.05, 0.1) is 11.8 Å². The Bertz CT molecular complexity index is 508. The standard InChI is InChI=1S/C16H16Cl2O2/c1-12(19-15-8-4-2-6-13(15)10-17)20-16-9-5-3-7-14(16)11-18/h2-9,12H,10-11H2,1H3. The van der Waals surface area contributed by atoms with Crippen molar-refractivity contribution in [3.8, 4) is 11.5 Å². The first-order chi connectivity index (χ1) is 9.74. The maximum Gasteiger partial charge on any atom is 0.238 e. The van der Waals surface area contributed by atoms with Gasteiger partial charge in [0, 0.05) is 18.1 Å². The molecule has 0 aliphatic heterocycles. The Hall–Kier alpha value is -1.38. The van der Waals surface area contributed by atoms with E-state index in [0.29, 0.717) is 11.8 Å². The second-order valence-corrected chi connectivity index (χ2v) is 4.82. The van der Waals surface area contributed by atoms with Crippen LogP contribution in [0.3, 0.4) is 0 Å². The van der Waals surface area contributed by atoms with Crippen molar-refractivity contribution < 1.29 is 9.47 Å². The largest absolute Gasteiger partial charge is 0.455 e. The first-order valence-electron chi connectivity index (χ1n) is 6.35. The fourth-order valence-corrected chi connectivity index (χ4v) is 2.28. The Labute approximate surface area is 129 Å². The fraction of sp³-hybridized carbons (Fsp3) is 0.250. The molecule has 0 unspecified atom stereocenters. The van der Waals surface area contributed by atoms with Crippen LogP contribution in [0.2, 0.25) is 0 Å². The minimum absolute atomic E-state index is 0.404. The maximum atomic E-state index is 5.89. The monoisotopic (exact) mass is 310 g/mol. The average Bonchev–Trinajstić information content (AvgIpc) is 2.48. The van der Waals surface area contributed by atoms with Crippen LogP contribution in [-0.2, 0) is 11.8 Å². The van der Waals surface area contributed by atoms with Gasteiger partial charge in [-0.3, -0.25) is 0 Å². The molecule has 0 radical (unpaired) electrons. The highest BCUT2D eigenvalue weighted by Gasteiger charge is 2.10. The summed E-state index contributed by atoms with van der Waals surface area (Å²) in [4.78, 5) is 0. The van der Waals surface area contributed by atoms with Crippen molar-refractivity contribution >= 4 is 23.2 Å². The van der Waals surface area contributed by atoms with Gasteiger partial charge in [-0.05, 0) is 12.1 Å². The number of alkyl halides is 2. The molecule has 0 amide bonds. The van der Waals surface area contributed by atoms with Crippen LogP contribution in [0.25, 0.3) is 0 Å². The Morgan fingerprint density at radius 3 is 1.60 bits per heavy atom. The van der Waals surface area contributed by atoms with Crippen molar-refractivity contribution in [2.24, 2.45) is 0 Å². The van der Waals surface area contributed by atoms with Gasteiger partial charge in [-0.1, -0.05) is 36.4 Å². The molecule has 2 rings (SSSR count). The Balaban J connectivity index is 2.07. The molecule has 0 atom stereocenters. The summed E-state index contributed by atoms with van der Waals surface area (Å²) in [6.07, 6.45) is -0.427. The van der Waals surface area contributed by atoms with Crippen LogP contribution in [0.5, 0.6) is 11.5 Å². The quantitative estimate of drug-likeness (QED) is 0.554. The zero-order chi connectivity index (χ0) is 14.4. The summed E-state index contributed by atoms with van der Waals surface area (Å²) >= 11 is 11.8. The van der Waals surface area contributed by atoms with E-state index in [0.717, 1.165) is 22.6 Å². The Kier molecular flexibility index (Phi) is 5.57. The molecule has 0 heterocycles. The van der Waals surface area contributed by atoms with Gasteiger partial charge in [0.2, 0.25) is 6.29 Å². The molecule has 2 aromatic carbocycles. The SMILES string of the molecule is CC(Oc1ccccc1CCl)Oc1ccccc1CCl. The molecule has 0 aliphatic carbocycles. The van der Waals surface area contributed by atoms with Gasteiger partial charge in [0.15, 0.2) is 0 Å². The third-order valence-electron chi connectivity index (χ3n) is 2.82. The highest BCUT2D eigenvalue weighted by molar-refractivity contribution is 6.17. The second kappa shape index (κ2) is 7.41. The van der Waals surface area contributed by atoms with Crippen LogP contribution in [0.15, 0.2) is 48.5 Å². The van der Waals surface area contributed by atoms with E-state index in [9.17, 15) is 0 Å². The third-order valence-corrected chi connectivity index (χ3v) is 3.39. The van der Waals surface area contributed by atoms with E-state index in [1.165, 1.54) is 0 Å². The minimum atomic E-state index is -0.427. The summed E-state index contributed by atoms with van der Waals surface area (Å²) in [5.74, 6) is 2.28. The normalized spacial score (nSPS) is 10.6. The number of benzene rings is 2. The summed E-state index contributed by atoms with van der Waals surface area (Å²) < 4.78 is 11.6. The predicted octanol–water partition coefficient (Wildman–Crippen LogP) is 4.97. The minimum Gasteiger partial charge on any atom is -0.455 e. The Morgan fingerprint density at radius 2 is 1.20 bits per heavy atom. The van der Waals surface area contributed by atoms with Crippen LogP contribution >= 0.6 is 23.2 Å². The number of rotatable bonds is 6. The lowest BCUT2D eigenvalue weighted by Gasteiger charge is -2.19. The predicted molar refractivity (Wildman–Crippen MR) is 82.7 cm³/mol. The van der Waals surface area contributed by atoms with Crippen LogP contribution in [0, 0.1) is 0 Å². The molecule has 0 saturated carbocycles. The lowest BCUT2D eigenvalue weighted by molar-refractivity contribution is 0.0211. The molecule has 4 heteroatoms. The molecular formula is C16H16Cl2O2. The van der Waals surface area contributed by atoms with Crippen molar-refractivity contribution in [1.29, 1.82) is 0 Å². The molecule has 0 aliphatic rings. The average molecular weight is 311 g/mol. The number of halogens is 2. The number of hydrogen-bond acceptors (Lipinski definition) is 2. The molecule has 0 aromatic heterocycles. The summed E-state index contributed by atoms with van der Waals surface area (Å²) in [6.45, 7) is 1.84. The van der Waals surface area contributed by atoms with Gasteiger partial charge in [-0.15, -0.1) is 23.2 Å². The lowest BCUT2D eigenvalue weighted by Crippen LogP contribution is -2.20. The highest BCUT2D eigenvalue weighted by atomic mass is 35.5.